The highest BCUT2D eigenvalue weighted by molar-refractivity contribution is 6.04. The molecule has 5 heterocycles. The number of hydrogen-bond donors (Lipinski definition) is 4. The van der Waals surface area contributed by atoms with E-state index in [0.717, 1.165) is 54.7 Å². The summed E-state index contributed by atoms with van der Waals surface area (Å²) in [5.74, 6) is -1.71. The van der Waals surface area contributed by atoms with Crippen LogP contribution in [0.1, 0.15) is 58.8 Å². The maximum Gasteiger partial charge on any atom is 0.254 e. The third-order valence-electron chi connectivity index (χ3n) is 12.5. The number of hydrogen-bond acceptors (Lipinski definition) is 11. The van der Waals surface area contributed by atoms with Gasteiger partial charge in [0, 0.05) is 88.0 Å². The number of carbonyl (C=O) groups is 5. The van der Waals surface area contributed by atoms with Gasteiger partial charge in [-0.25, -0.2) is 9.37 Å². The van der Waals surface area contributed by atoms with Crippen molar-refractivity contribution < 1.29 is 28.4 Å². The van der Waals surface area contributed by atoms with Gasteiger partial charge >= 0.3 is 0 Å². The van der Waals surface area contributed by atoms with Crippen molar-refractivity contribution in [3.63, 3.8) is 0 Å². The van der Waals surface area contributed by atoms with E-state index in [1.165, 1.54) is 12.1 Å². The zero-order valence-electron chi connectivity index (χ0n) is 36.5. The molecular weight excluding hydrogens is 842 g/mol. The number of imide groups is 1. The predicted octanol–water partition coefficient (Wildman–Crippen LogP) is 4.06. The number of nitriles is 1. The van der Waals surface area contributed by atoms with E-state index in [2.05, 4.69) is 47.2 Å². The van der Waals surface area contributed by atoms with Gasteiger partial charge in [0.15, 0.2) is 0 Å². The molecule has 0 saturated carbocycles. The fraction of sp³-hybridized carbons (Fsp3) is 0.347. The van der Waals surface area contributed by atoms with Crippen LogP contribution < -0.4 is 26.2 Å². The third-order valence-corrected chi connectivity index (χ3v) is 12.5. The third kappa shape index (κ3) is 11.5. The van der Waals surface area contributed by atoms with Crippen molar-refractivity contribution in [2.24, 2.45) is 5.92 Å². The first-order valence-electron chi connectivity index (χ1n) is 22.3. The summed E-state index contributed by atoms with van der Waals surface area (Å²) in [6.45, 7) is 5.97. The van der Waals surface area contributed by atoms with Crippen molar-refractivity contribution in [1.29, 1.82) is 5.26 Å². The molecule has 3 aliphatic rings. The molecule has 5 amide bonds. The van der Waals surface area contributed by atoms with Crippen LogP contribution in [0.15, 0.2) is 104 Å². The van der Waals surface area contributed by atoms with E-state index in [0.29, 0.717) is 62.1 Å². The van der Waals surface area contributed by atoms with Crippen molar-refractivity contribution in [1.82, 2.24) is 40.5 Å². The highest BCUT2D eigenvalue weighted by Gasteiger charge is 2.30. The second kappa shape index (κ2) is 21.1. The predicted molar refractivity (Wildman–Crippen MR) is 244 cm³/mol. The van der Waals surface area contributed by atoms with Crippen molar-refractivity contribution in [3.05, 3.63) is 132 Å². The lowest BCUT2D eigenvalue weighted by molar-refractivity contribution is -0.135. The number of likely N-dealkylation sites (tertiary alicyclic amines) is 1. The Hall–Kier alpha value is -7.29. The van der Waals surface area contributed by atoms with Crippen LogP contribution in [0.25, 0.3) is 11.1 Å². The van der Waals surface area contributed by atoms with Crippen LogP contribution in [-0.4, -0.2) is 113 Å². The Kier molecular flexibility index (Phi) is 14.5. The van der Waals surface area contributed by atoms with Crippen LogP contribution >= 0.6 is 0 Å². The molecule has 340 valence electrons. The SMILES string of the molecule is N#Cc1ccc(CCN[C@@H](C(=O)Nc2ccc(-c3cnn(CC(=O)N4CCC(CN5CCN(c6ccc(C(=O)NC7CCC(=O)NC7=O)c(F)c6)CC5)CC4)c3)cn2)c2ccccc2)cc1. The number of rotatable bonds is 15. The molecule has 3 fully saturated rings. The zero-order valence-corrected chi connectivity index (χ0v) is 36.5. The first-order chi connectivity index (χ1) is 32.1. The number of nitrogens with zero attached hydrogens (tertiary/aromatic N) is 7. The van der Waals surface area contributed by atoms with Gasteiger partial charge < -0.3 is 25.8 Å². The number of benzene rings is 3. The van der Waals surface area contributed by atoms with Gasteiger partial charge in [-0.3, -0.25) is 38.9 Å². The molecule has 0 spiro atoms. The quantitative estimate of drug-likeness (QED) is 0.111. The Bertz CT molecular complexity index is 2560. The molecule has 2 aromatic heterocycles. The van der Waals surface area contributed by atoms with Gasteiger partial charge in [-0.05, 0) is 85.2 Å². The number of piperidine rings is 2. The Morgan fingerprint density at radius 2 is 1.65 bits per heavy atom. The Morgan fingerprint density at radius 1 is 0.879 bits per heavy atom. The molecule has 3 aromatic carbocycles. The lowest BCUT2D eigenvalue weighted by atomic mass is 9.96. The highest BCUT2D eigenvalue weighted by Crippen LogP contribution is 2.25. The van der Waals surface area contributed by atoms with Gasteiger partial charge in [0.05, 0.1) is 23.4 Å². The van der Waals surface area contributed by atoms with Crippen molar-refractivity contribution in [2.75, 3.05) is 62.6 Å². The van der Waals surface area contributed by atoms with E-state index >= 15 is 4.39 Å². The molecule has 3 saturated heterocycles. The molecule has 16 nitrogen and oxygen atoms in total. The van der Waals surface area contributed by atoms with Crippen LogP contribution in [0.2, 0.25) is 0 Å². The van der Waals surface area contributed by atoms with E-state index in [1.807, 2.05) is 59.6 Å². The molecule has 1 unspecified atom stereocenters. The van der Waals surface area contributed by atoms with E-state index in [4.69, 9.17) is 5.26 Å². The minimum Gasteiger partial charge on any atom is -0.369 e. The topological polar surface area (TPSA) is 198 Å². The summed E-state index contributed by atoms with van der Waals surface area (Å²) in [5, 5.41) is 24.6. The van der Waals surface area contributed by atoms with Gasteiger partial charge in [0.2, 0.25) is 23.6 Å². The number of carbonyl (C=O) groups excluding carboxylic acids is 5. The van der Waals surface area contributed by atoms with Crippen molar-refractivity contribution in [2.45, 2.75) is 50.7 Å². The summed E-state index contributed by atoms with van der Waals surface area (Å²) in [5.41, 5.74) is 4.63. The number of aromatic nitrogens is 3. The lowest BCUT2D eigenvalue weighted by Crippen LogP contribution is -2.52. The highest BCUT2D eigenvalue weighted by atomic mass is 19.1. The fourth-order valence-corrected chi connectivity index (χ4v) is 8.66. The zero-order chi connectivity index (χ0) is 46.0. The molecule has 2 atom stereocenters. The van der Waals surface area contributed by atoms with E-state index < -0.39 is 29.7 Å². The molecule has 4 N–H and O–H groups in total. The Morgan fingerprint density at radius 3 is 2.35 bits per heavy atom. The summed E-state index contributed by atoms with van der Waals surface area (Å²) >= 11 is 0. The van der Waals surface area contributed by atoms with E-state index in [-0.39, 0.29) is 42.7 Å². The molecular formula is C49H52FN11O5. The maximum absolute atomic E-state index is 15.1. The van der Waals surface area contributed by atoms with Gasteiger partial charge in [-0.1, -0.05) is 42.5 Å². The molecule has 0 bridgehead atoms. The summed E-state index contributed by atoms with van der Waals surface area (Å²) < 4.78 is 16.7. The maximum atomic E-state index is 15.1. The number of amides is 5. The van der Waals surface area contributed by atoms with Crippen LogP contribution in [0.3, 0.4) is 0 Å². The summed E-state index contributed by atoms with van der Waals surface area (Å²) in [4.78, 5) is 74.0. The molecule has 66 heavy (non-hydrogen) atoms. The van der Waals surface area contributed by atoms with E-state index in [9.17, 15) is 24.0 Å². The monoisotopic (exact) mass is 893 g/mol. The molecule has 5 aromatic rings. The second-order valence-corrected chi connectivity index (χ2v) is 17.0. The number of pyridine rings is 1. The minimum absolute atomic E-state index is 0.0121. The number of piperazine rings is 1. The Labute approximate surface area is 382 Å². The minimum atomic E-state index is -0.879. The molecule has 0 radical (unpaired) electrons. The smallest absolute Gasteiger partial charge is 0.254 e. The van der Waals surface area contributed by atoms with Crippen LogP contribution in [-0.2, 0) is 32.1 Å². The van der Waals surface area contributed by atoms with Crippen molar-refractivity contribution >= 4 is 41.0 Å². The molecule has 8 rings (SSSR count). The summed E-state index contributed by atoms with van der Waals surface area (Å²) in [6, 6.07) is 25.7. The largest absolute Gasteiger partial charge is 0.369 e. The second-order valence-electron chi connectivity index (χ2n) is 17.0. The molecule has 0 aliphatic carbocycles. The molecule has 3 aliphatic heterocycles. The molecule has 17 heteroatoms. The van der Waals surface area contributed by atoms with Gasteiger partial charge in [0.25, 0.3) is 5.91 Å². The summed E-state index contributed by atoms with van der Waals surface area (Å²) in [6.07, 6.45) is 7.98. The lowest BCUT2D eigenvalue weighted by Gasteiger charge is -2.39. The average Bonchev–Trinajstić information content (AvgIpc) is 3.80. The standard InChI is InChI=1S/C49H52FN11O5/c50-41-26-39(11-12-40(41)47(64)55-42-13-15-44(62)57-48(42)65)59-24-22-58(23-25-59)30-35-17-20-60(21-18-35)45(63)32-61-31-38(29-54-61)37-10-14-43(53-28-37)56-49(66)46(36-4-2-1-3-5-36)52-19-16-33-6-8-34(27-51)9-7-33/h1-12,14,26,28-29,31,35,42,46,52H,13,15-25,30,32H2,(H,55,64)(H,53,56,66)(H,57,62,65)/t42?,46-/m1/s1. The number of halogens is 1. The van der Waals surface area contributed by atoms with Gasteiger partial charge in [-0.2, -0.15) is 10.4 Å². The number of nitrogens with one attached hydrogen (secondary N) is 4. The number of anilines is 2. The van der Waals surface area contributed by atoms with Crippen LogP contribution in [0.5, 0.6) is 0 Å². The normalized spacial score (nSPS) is 17.4. The van der Waals surface area contributed by atoms with Crippen LogP contribution in [0.4, 0.5) is 15.9 Å². The van der Waals surface area contributed by atoms with Gasteiger partial charge in [0.1, 0.15) is 30.3 Å². The van der Waals surface area contributed by atoms with Crippen LogP contribution in [0, 0.1) is 23.1 Å². The van der Waals surface area contributed by atoms with E-state index in [1.54, 1.807) is 41.3 Å². The fourth-order valence-electron chi connectivity index (χ4n) is 8.66. The first kappa shape index (κ1) is 45.3. The average molecular weight is 894 g/mol. The summed E-state index contributed by atoms with van der Waals surface area (Å²) in [7, 11) is 0. The van der Waals surface area contributed by atoms with Gasteiger partial charge in [-0.15, -0.1) is 0 Å². The first-order valence-corrected chi connectivity index (χ1v) is 22.3. The Balaban J connectivity index is 0.755. The van der Waals surface area contributed by atoms with Crippen molar-refractivity contribution in [3.8, 4) is 17.2 Å².